The molecule has 1 aliphatic rings. The van der Waals surface area contributed by atoms with E-state index in [1.165, 1.54) is 0 Å². The van der Waals surface area contributed by atoms with Crippen LogP contribution in [0.2, 0.25) is 0 Å². The molecule has 1 heterocycles. The Morgan fingerprint density at radius 2 is 2.57 bits per heavy atom. The Morgan fingerprint density at radius 1 is 1.71 bits per heavy atom. The smallest absolute Gasteiger partial charge is 0.147 e. The van der Waals surface area contributed by atoms with E-state index in [4.69, 9.17) is 9.47 Å². The molecule has 0 N–H and O–H groups in total. The van der Waals surface area contributed by atoms with Gasteiger partial charge in [-0.1, -0.05) is 6.92 Å². The predicted octanol–water partition coefficient (Wildman–Crippen LogP) is 0.769. The summed E-state index contributed by atoms with van der Waals surface area (Å²) in [4.78, 5) is 0. The Balaban J connectivity index is 2.14. The minimum Gasteiger partial charge on any atom is -0.353 e. The molecule has 0 aromatic carbocycles. The molecular formula is C5H10O2. The second kappa shape index (κ2) is 2.28. The normalized spacial score (nSPS) is 31.3. The largest absolute Gasteiger partial charge is 0.353 e. The molecular weight excluding hydrogens is 92.1 g/mol. The molecule has 0 saturated carbocycles. The summed E-state index contributed by atoms with van der Waals surface area (Å²) in [7, 11) is 0. The highest BCUT2D eigenvalue weighted by atomic mass is 16.7. The van der Waals surface area contributed by atoms with E-state index in [9.17, 15) is 0 Å². The molecule has 0 spiro atoms. The van der Waals surface area contributed by atoms with Gasteiger partial charge in [0.2, 0.25) is 0 Å². The third kappa shape index (κ3) is 1.14. The van der Waals surface area contributed by atoms with Crippen molar-refractivity contribution < 1.29 is 9.47 Å². The Labute approximate surface area is 43.4 Å². The first-order chi connectivity index (χ1) is 3.43. The van der Waals surface area contributed by atoms with E-state index >= 15 is 0 Å². The fourth-order valence-corrected chi connectivity index (χ4v) is 0.608. The third-order valence-corrected chi connectivity index (χ3v) is 1.15. The van der Waals surface area contributed by atoms with E-state index in [2.05, 4.69) is 6.92 Å². The van der Waals surface area contributed by atoms with Crippen molar-refractivity contribution in [3.63, 3.8) is 0 Å². The summed E-state index contributed by atoms with van der Waals surface area (Å²) in [6.07, 6.45) is 1.44. The molecule has 1 rings (SSSR count). The van der Waals surface area contributed by atoms with Crippen molar-refractivity contribution in [3.8, 4) is 0 Å². The number of hydrogen-bond donors (Lipinski definition) is 0. The monoisotopic (exact) mass is 102 g/mol. The standard InChI is InChI=1S/C5H10O2/c1-2-5-3-6-4-7-5/h5H,2-4H2,1H3. The van der Waals surface area contributed by atoms with Gasteiger partial charge in [0.05, 0.1) is 12.7 Å². The molecule has 2 heteroatoms. The van der Waals surface area contributed by atoms with Crippen LogP contribution in [-0.4, -0.2) is 19.5 Å². The number of rotatable bonds is 1. The topological polar surface area (TPSA) is 18.5 Å². The molecule has 1 atom stereocenters. The van der Waals surface area contributed by atoms with Crippen molar-refractivity contribution in [2.75, 3.05) is 13.4 Å². The molecule has 0 radical (unpaired) electrons. The molecule has 1 aliphatic heterocycles. The van der Waals surface area contributed by atoms with E-state index in [0.717, 1.165) is 13.0 Å². The average molecular weight is 102 g/mol. The van der Waals surface area contributed by atoms with Gasteiger partial charge in [0, 0.05) is 0 Å². The molecule has 1 saturated heterocycles. The third-order valence-electron chi connectivity index (χ3n) is 1.15. The van der Waals surface area contributed by atoms with Crippen molar-refractivity contribution in [1.29, 1.82) is 0 Å². The molecule has 0 amide bonds. The van der Waals surface area contributed by atoms with Gasteiger partial charge in [-0.3, -0.25) is 0 Å². The van der Waals surface area contributed by atoms with Gasteiger partial charge in [0.15, 0.2) is 0 Å². The zero-order valence-electron chi connectivity index (χ0n) is 4.52. The van der Waals surface area contributed by atoms with Crippen molar-refractivity contribution in [2.24, 2.45) is 0 Å². The molecule has 0 aromatic rings. The van der Waals surface area contributed by atoms with Crippen LogP contribution in [0.4, 0.5) is 0 Å². The maximum Gasteiger partial charge on any atom is 0.147 e. The molecule has 1 unspecified atom stereocenters. The van der Waals surface area contributed by atoms with Crippen LogP contribution in [0.3, 0.4) is 0 Å². The van der Waals surface area contributed by atoms with E-state index < -0.39 is 0 Å². The Hall–Kier alpha value is -0.0800. The van der Waals surface area contributed by atoms with Gasteiger partial charge in [-0.15, -0.1) is 0 Å². The first-order valence-electron chi connectivity index (χ1n) is 2.63. The Morgan fingerprint density at radius 3 is 2.86 bits per heavy atom. The fourth-order valence-electron chi connectivity index (χ4n) is 0.608. The summed E-state index contributed by atoms with van der Waals surface area (Å²) in [5.41, 5.74) is 0. The van der Waals surface area contributed by atoms with Crippen LogP contribution in [-0.2, 0) is 9.47 Å². The molecule has 0 aliphatic carbocycles. The first-order valence-corrected chi connectivity index (χ1v) is 2.63. The van der Waals surface area contributed by atoms with Crippen molar-refractivity contribution in [2.45, 2.75) is 19.4 Å². The fraction of sp³-hybridized carbons (Fsp3) is 1.00. The summed E-state index contributed by atoms with van der Waals surface area (Å²) in [5.74, 6) is 0. The molecule has 0 aromatic heterocycles. The van der Waals surface area contributed by atoms with Crippen molar-refractivity contribution in [3.05, 3.63) is 0 Å². The summed E-state index contributed by atoms with van der Waals surface area (Å²) >= 11 is 0. The van der Waals surface area contributed by atoms with Gasteiger partial charge in [-0.05, 0) is 6.42 Å². The SMILES string of the molecule is CCC1COCO1. The highest BCUT2D eigenvalue weighted by Crippen LogP contribution is 2.04. The Bertz CT molecular complexity index is 48.0. The van der Waals surface area contributed by atoms with Gasteiger partial charge in [0.1, 0.15) is 6.79 Å². The highest BCUT2D eigenvalue weighted by Gasteiger charge is 2.11. The van der Waals surface area contributed by atoms with Crippen molar-refractivity contribution in [1.82, 2.24) is 0 Å². The Kier molecular flexibility index (Phi) is 1.65. The maximum absolute atomic E-state index is 5.08. The van der Waals surface area contributed by atoms with E-state index in [1.54, 1.807) is 0 Å². The van der Waals surface area contributed by atoms with Crippen molar-refractivity contribution >= 4 is 0 Å². The van der Waals surface area contributed by atoms with Gasteiger partial charge in [0.25, 0.3) is 0 Å². The van der Waals surface area contributed by atoms with Gasteiger partial charge in [-0.25, -0.2) is 0 Å². The lowest BCUT2D eigenvalue weighted by molar-refractivity contribution is 0.0460. The zero-order valence-corrected chi connectivity index (χ0v) is 4.52. The number of ether oxygens (including phenoxy) is 2. The summed E-state index contributed by atoms with van der Waals surface area (Å²) in [5, 5.41) is 0. The molecule has 1 fully saturated rings. The summed E-state index contributed by atoms with van der Waals surface area (Å²) in [6.45, 7) is 3.38. The zero-order chi connectivity index (χ0) is 5.11. The van der Waals surface area contributed by atoms with Crippen LogP contribution in [0.5, 0.6) is 0 Å². The quantitative estimate of drug-likeness (QED) is 0.487. The second-order valence-electron chi connectivity index (χ2n) is 1.69. The lowest BCUT2D eigenvalue weighted by Gasteiger charge is -1.98. The van der Waals surface area contributed by atoms with E-state index in [-0.39, 0.29) is 0 Å². The van der Waals surface area contributed by atoms with Gasteiger partial charge in [-0.2, -0.15) is 0 Å². The van der Waals surface area contributed by atoms with Crippen LogP contribution < -0.4 is 0 Å². The summed E-state index contributed by atoms with van der Waals surface area (Å²) in [6, 6.07) is 0. The lowest BCUT2D eigenvalue weighted by atomic mass is 10.3. The molecule has 42 valence electrons. The number of hydrogen-bond acceptors (Lipinski definition) is 2. The second-order valence-corrected chi connectivity index (χ2v) is 1.69. The van der Waals surface area contributed by atoms with Crippen LogP contribution in [0.1, 0.15) is 13.3 Å². The minimum absolute atomic E-state index is 0.375. The van der Waals surface area contributed by atoms with Crippen LogP contribution in [0.25, 0.3) is 0 Å². The first kappa shape index (κ1) is 5.06. The van der Waals surface area contributed by atoms with Crippen LogP contribution >= 0.6 is 0 Å². The molecule has 0 bridgehead atoms. The van der Waals surface area contributed by atoms with E-state index in [0.29, 0.717) is 12.9 Å². The summed E-state index contributed by atoms with van der Waals surface area (Å²) < 4.78 is 10.0. The average Bonchev–Trinajstić information content (AvgIpc) is 2.14. The minimum atomic E-state index is 0.375. The predicted molar refractivity (Wildman–Crippen MR) is 26.0 cm³/mol. The van der Waals surface area contributed by atoms with Gasteiger partial charge >= 0.3 is 0 Å². The van der Waals surface area contributed by atoms with E-state index in [1.807, 2.05) is 0 Å². The van der Waals surface area contributed by atoms with Crippen LogP contribution in [0, 0.1) is 0 Å². The van der Waals surface area contributed by atoms with Crippen LogP contribution in [0.15, 0.2) is 0 Å². The molecule has 7 heavy (non-hydrogen) atoms. The van der Waals surface area contributed by atoms with Gasteiger partial charge < -0.3 is 9.47 Å². The maximum atomic E-state index is 5.08. The molecule has 2 nitrogen and oxygen atoms in total. The highest BCUT2D eigenvalue weighted by molar-refractivity contribution is 4.54. The lowest BCUT2D eigenvalue weighted by Crippen LogP contribution is -2.05.